The molecule has 0 aliphatic carbocycles. The van der Waals surface area contributed by atoms with E-state index in [1.807, 2.05) is 54.6 Å². The number of ether oxygens (including phenoxy) is 1. The lowest BCUT2D eigenvalue weighted by molar-refractivity contribution is 0.415. The molecule has 1 heterocycles. The van der Waals surface area contributed by atoms with Gasteiger partial charge in [0.2, 0.25) is 0 Å². The fourth-order valence-corrected chi connectivity index (χ4v) is 3.32. The summed E-state index contributed by atoms with van der Waals surface area (Å²) in [4.78, 5) is 4.41. The van der Waals surface area contributed by atoms with Gasteiger partial charge in [-0.25, -0.2) is 4.98 Å². The molecule has 4 aromatic rings. The Morgan fingerprint density at radius 3 is 2.32 bits per heavy atom. The smallest absolute Gasteiger partial charge is 0.142 e. The highest BCUT2D eigenvalue weighted by Gasteiger charge is 2.14. The maximum Gasteiger partial charge on any atom is 0.142 e. The maximum atomic E-state index is 9.64. The molecule has 136 valence electrons. The normalized spacial score (nSPS) is 10.6. The summed E-state index contributed by atoms with van der Waals surface area (Å²) in [5.41, 5.74) is 9.70. The SMILES string of the molecule is COc1ccc2cc(-c3cc(-c4ccc(Cl)cc4)nc(N)c3C#N)ccc2c1. The van der Waals surface area contributed by atoms with Crippen molar-refractivity contribution in [2.24, 2.45) is 0 Å². The first-order chi connectivity index (χ1) is 13.6. The first-order valence-electron chi connectivity index (χ1n) is 8.64. The Bertz CT molecular complexity index is 1230. The van der Waals surface area contributed by atoms with E-state index in [1.165, 1.54) is 0 Å². The van der Waals surface area contributed by atoms with Gasteiger partial charge >= 0.3 is 0 Å². The van der Waals surface area contributed by atoms with Crippen LogP contribution in [0.2, 0.25) is 5.02 Å². The molecule has 0 aliphatic rings. The number of methoxy groups -OCH3 is 1. The van der Waals surface area contributed by atoms with Crippen molar-refractivity contribution in [2.45, 2.75) is 0 Å². The van der Waals surface area contributed by atoms with E-state index in [0.29, 0.717) is 16.3 Å². The van der Waals surface area contributed by atoms with Crippen LogP contribution in [0.4, 0.5) is 5.82 Å². The fraction of sp³-hybridized carbons (Fsp3) is 0.0435. The maximum absolute atomic E-state index is 9.64. The molecule has 0 saturated carbocycles. The number of nitriles is 1. The number of fused-ring (bicyclic) bond motifs is 1. The monoisotopic (exact) mass is 385 g/mol. The number of benzene rings is 3. The van der Waals surface area contributed by atoms with Crippen LogP contribution >= 0.6 is 11.6 Å². The molecule has 2 N–H and O–H groups in total. The van der Waals surface area contributed by atoms with Crippen molar-refractivity contribution in [1.29, 1.82) is 5.26 Å². The Kier molecular flexibility index (Phi) is 4.60. The molecule has 0 amide bonds. The second-order valence-electron chi connectivity index (χ2n) is 6.36. The van der Waals surface area contributed by atoms with Gasteiger partial charge in [-0.05, 0) is 52.7 Å². The lowest BCUT2D eigenvalue weighted by atomic mass is 9.96. The van der Waals surface area contributed by atoms with Gasteiger partial charge in [0.1, 0.15) is 23.2 Å². The molecular weight excluding hydrogens is 370 g/mol. The van der Waals surface area contributed by atoms with Gasteiger partial charge in [0.15, 0.2) is 0 Å². The molecule has 0 unspecified atom stereocenters. The first kappa shape index (κ1) is 17.8. The third-order valence-corrected chi connectivity index (χ3v) is 4.91. The molecule has 28 heavy (non-hydrogen) atoms. The van der Waals surface area contributed by atoms with Crippen molar-refractivity contribution in [3.05, 3.63) is 77.3 Å². The number of pyridine rings is 1. The highest BCUT2D eigenvalue weighted by Crippen LogP contribution is 2.33. The number of aromatic nitrogens is 1. The average molecular weight is 386 g/mol. The van der Waals surface area contributed by atoms with Gasteiger partial charge in [-0.3, -0.25) is 0 Å². The number of anilines is 1. The van der Waals surface area contributed by atoms with Crippen molar-refractivity contribution in [1.82, 2.24) is 4.98 Å². The molecule has 0 radical (unpaired) electrons. The van der Waals surface area contributed by atoms with Crippen LogP contribution in [0, 0.1) is 11.3 Å². The summed E-state index contributed by atoms with van der Waals surface area (Å²) in [7, 11) is 1.65. The van der Waals surface area contributed by atoms with Gasteiger partial charge in [0.05, 0.1) is 12.8 Å². The highest BCUT2D eigenvalue weighted by atomic mass is 35.5. The molecule has 0 fully saturated rings. The molecule has 1 aromatic heterocycles. The van der Waals surface area contributed by atoms with Gasteiger partial charge < -0.3 is 10.5 Å². The number of hydrogen-bond acceptors (Lipinski definition) is 4. The minimum Gasteiger partial charge on any atom is -0.497 e. The summed E-state index contributed by atoms with van der Waals surface area (Å²) in [6, 6.07) is 23.4. The van der Waals surface area contributed by atoms with Gasteiger partial charge in [0, 0.05) is 16.1 Å². The van der Waals surface area contributed by atoms with E-state index in [1.54, 1.807) is 19.2 Å². The van der Waals surface area contributed by atoms with Crippen LogP contribution < -0.4 is 10.5 Å². The molecule has 0 bridgehead atoms. The van der Waals surface area contributed by atoms with E-state index < -0.39 is 0 Å². The average Bonchev–Trinajstić information content (AvgIpc) is 2.73. The summed E-state index contributed by atoms with van der Waals surface area (Å²) >= 11 is 5.99. The summed E-state index contributed by atoms with van der Waals surface area (Å²) in [5.74, 6) is 1.01. The molecule has 4 rings (SSSR count). The molecule has 3 aromatic carbocycles. The van der Waals surface area contributed by atoms with Crippen molar-refractivity contribution in [3.8, 4) is 34.2 Å². The van der Waals surface area contributed by atoms with Crippen molar-refractivity contribution in [3.63, 3.8) is 0 Å². The largest absolute Gasteiger partial charge is 0.497 e. The van der Waals surface area contributed by atoms with Crippen molar-refractivity contribution >= 4 is 28.2 Å². The first-order valence-corrected chi connectivity index (χ1v) is 9.01. The van der Waals surface area contributed by atoms with E-state index in [4.69, 9.17) is 22.1 Å². The second-order valence-corrected chi connectivity index (χ2v) is 6.80. The number of rotatable bonds is 3. The van der Waals surface area contributed by atoms with Crippen LogP contribution in [0.25, 0.3) is 33.2 Å². The topological polar surface area (TPSA) is 71.9 Å². The number of nitrogens with zero attached hydrogens (tertiary/aromatic N) is 2. The molecule has 5 heteroatoms. The van der Waals surface area contributed by atoms with Gasteiger partial charge in [-0.15, -0.1) is 0 Å². The van der Waals surface area contributed by atoms with Gasteiger partial charge in [0.25, 0.3) is 0 Å². The minimum atomic E-state index is 0.208. The van der Waals surface area contributed by atoms with Crippen LogP contribution in [-0.2, 0) is 0 Å². The van der Waals surface area contributed by atoms with Crippen LogP contribution in [0.1, 0.15) is 5.56 Å². The number of halogens is 1. The van der Waals surface area contributed by atoms with E-state index in [9.17, 15) is 5.26 Å². The molecule has 4 nitrogen and oxygen atoms in total. The second kappa shape index (κ2) is 7.22. The van der Waals surface area contributed by atoms with Crippen LogP contribution in [0.15, 0.2) is 66.7 Å². The predicted molar refractivity (Wildman–Crippen MR) is 113 cm³/mol. The van der Waals surface area contributed by atoms with Crippen LogP contribution in [0.5, 0.6) is 5.75 Å². The Hall–Kier alpha value is -3.55. The molecule has 0 aliphatic heterocycles. The quantitative estimate of drug-likeness (QED) is 0.492. The van der Waals surface area contributed by atoms with E-state index in [0.717, 1.165) is 33.2 Å². The lowest BCUT2D eigenvalue weighted by Crippen LogP contribution is -1.99. The zero-order chi connectivity index (χ0) is 19.7. The van der Waals surface area contributed by atoms with Crippen molar-refractivity contribution < 1.29 is 4.74 Å². The summed E-state index contributed by atoms with van der Waals surface area (Å²) in [5, 5.41) is 12.4. The molecular formula is C23H16ClN3O. The Balaban J connectivity index is 1.89. The zero-order valence-corrected chi connectivity index (χ0v) is 15.9. The number of nitrogens with two attached hydrogens (primary N) is 1. The number of hydrogen-bond donors (Lipinski definition) is 1. The standard InChI is InChI=1S/C23H16ClN3O/c1-28-19-9-6-15-10-17(3-2-16(15)11-19)20-12-22(27-23(26)21(20)13-25)14-4-7-18(24)8-5-14/h2-12H,1H3,(H2,26,27). The van der Waals surface area contributed by atoms with E-state index in [-0.39, 0.29) is 5.82 Å². The molecule has 0 atom stereocenters. The third kappa shape index (κ3) is 3.24. The molecule has 0 spiro atoms. The lowest BCUT2D eigenvalue weighted by Gasteiger charge is -2.11. The van der Waals surface area contributed by atoms with Crippen LogP contribution in [0.3, 0.4) is 0 Å². The third-order valence-electron chi connectivity index (χ3n) is 4.66. The van der Waals surface area contributed by atoms with E-state index in [2.05, 4.69) is 11.1 Å². The Morgan fingerprint density at radius 1 is 0.929 bits per heavy atom. The summed E-state index contributed by atoms with van der Waals surface area (Å²) in [6.45, 7) is 0. The molecule has 0 saturated heterocycles. The summed E-state index contributed by atoms with van der Waals surface area (Å²) in [6.07, 6.45) is 0. The van der Waals surface area contributed by atoms with Crippen molar-refractivity contribution in [2.75, 3.05) is 12.8 Å². The van der Waals surface area contributed by atoms with Gasteiger partial charge in [-0.1, -0.05) is 41.9 Å². The predicted octanol–water partition coefficient (Wildman–Crippen LogP) is 5.68. The van der Waals surface area contributed by atoms with Gasteiger partial charge in [-0.2, -0.15) is 5.26 Å². The highest BCUT2D eigenvalue weighted by molar-refractivity contribution is 6.30. The number of nitrogen functional groups attached to an aromatic ring is 1. The Labute approximate surface area is 167 Å². The van der Waals surface area contributed by atoms with Crippen LogP contribution in [-0.4, -0.2) is 12.1 Å². The van der Waals surface area contributed by atoms with E-state index >= 15 is 0 Å². The zero-order valence-electron chi connectivity index (χ0n) is 15.1. The minimum absolute atomic E-state index is 0.208. The summed E-state index contributed by atoms with van der Waals surface area (Å²) < 4.78 is 5.29. The fourth-order valence-electron chi connectivity index (χ4n) is 3.20. The Morgan fingerprint density at radius 2 is 1.61 bits per heavy atom.